The molecule has 3 N–H and O–H groups in total. The lowest BCUT2D eigenvalue weighted by atomic mass is 10.2. The molecule has 1 amide bonds. The van der Waals surface area contributed by atoms with E-state index in [0.29, 0.717) is 54.7 Å². The number of ether oxygens (including phenoxy) is 1. The van der Waals surface area contributed by atoms with Gasteiger partial charge in [-0.25, -0.2) is 8.96 Å². The third kappa shape index (κ3) is 12.8. The number of nitrogens with one attached hydrogen (secondary N) is 3. The lowest BCUT2D eigenvalue weighted by Gasteiger charge is -2.31. The molecule has 0 radical (unpaired) electrons. The fourth-order valence-electron chi connectivity index (χ4n) is 4.70. The Hall–Kier alpha value is -3.94. The molecule has 4 aromatic rings. The molecule has 0 unspecified atom stereocenters. The molecule has 4 rings (SSSR count). The molecule has 49 heavy (non-hydrogen) atoms. The Morgan fingerprint density at radius 3 is 2.39 bits per heavy atom. The minimum Gasteiger partial charge on any atom is -0.463 e. The van der Waals surface area contributed by atoms with Crippen LogP contribution in [0.3, 0.4) is 0 Å². The Labute approximate surface area is 286 Å². The molecular weight excluding hydrogens is 652 g/mol. The molecule has 0 aliphatic heterocycles. The predicted octanol–water partition coefficient (Wildman–Crippen LogP) is 7.26. The van der Waals surface area contributed by atoms with Gasteiger partial charge < -0.3 is 20.3 Å². The van der Waals surface area contributed by atoms with Crippen molar-refractivity contribution in [1.82, 2.24) is 25.1 Å². The minimum absolute atomic E-state index is 0.0136. The number of carbonyl (C=O) groups is 1. The van der Waals surface area contributed by atoms with E-state index in [1.165, 1.54) is 18.2 Å². The van der Waals surface area contributed by atoms with Crippen LogP contribution in [-0.4, -0.2) is 75.0 Å². The second-order valence-corrected chi connectivity index (χ2v) is 14.9. The van der Waals surface area contributed by atoms with E-state index in [-0.39, 0.29) is 24.9 Å². The van der Waals surface area contributed by atoms with Gasteiger partial charge >= 0.3 is 13.8 Å². The zero-order chi connectivity index (χ0) is 35.7. The Balaban J connectivity index is 1.31. The zero-order valence-electron chi connectivity index (χ0n) is 29.2. The van der Waals surface area contributed by atoms with Crippen LogP contribution in [0.5, 0.6) is 6.01 Å². The molecule has 15 heteroatoms. The van der Waals surface area contributed by atoms with Gasteiger partial charge in [-0.05, 0) is 84.8 Å². The van der Waals surface area contributed by atoms with Crippen LogP contribution in [0, 0.1) is 5.82 Å². The SMILES string of the molecule is CCN(CCCOc1nc(Nc2cc(CC(=O)Nc3cccc(F)c3)[nH]n2)c2ccccc2n1)CCOP(=O)(OC(C)(C)C)OC(C)(C)C. The number of phosphoric acid groups is 1. The molecule has 0 aliphatic rings. The summed E-state index contributed by atoms with van der Waals surface area (Å²) in [5, 5.41) is 13.8. The lowest BCUT2D eigenvalue weighted by Crippen LogP contribution is -2.30. The quantitative estimate of drug-likeness (QED) is 0.0754. The van der Waals surface area contributed by atoms with Gasteiger partial charge in [0.2, 0.25) is 5.91 Å². The highest BCUT2D eigenvalue weighted by atomic mass is 31.2. The van der Waals surface area contributed by atoms with Crippen molar-refractivity contribution in [3.05, 3.63) is 66.1 Å². The van der Waals surface area contributed by atoms with E-state index >= 15 is 0 Å². The normalized spacial score (nSPS) is 12.4. The number of hydrogen-bond donors (Lipinski definition) is 3. The van der Waals surface area contributed by atoms with Crippen molar-refractivity contribution in [2.45, 2.75) is 72.5 Å². The summed E-state index contributed by atoms with van der Waals surface area (Å²) in [5.74, 6) is 0.199. The molecule has 13 nitrogen and oxygen atoms in total. The molecule has 2 aromatic heterocycles. The topological polar surface area (TPSA) is 153 Å². The number of anilines is 3. The van der Waals surface area contributed by atoms with E-state index in [1.54, 1.807) is 53.7 Å². The first-order chi connectivity index (χ1) is 23.1. The molecule has 0 saturated carbocycles. The Bertz CT molecular complexity index is 1720. The summed E-state index contributed by atoms with van der Waals surface area (Å²) in [6, 6.07) is 15.1. The van der Waals surface area contributed by atoms with Gasteiger partial charge in [-0.15, -0.1) is 0 Å². The van der Waals surface area contributed by atoms with Gasteiger partial charge in [0.05, 0.1) is 36.4 Å². The summed E-state index contributed by atoms with van der Waals surface area (Å²) in [5.41, 5.74) is 0.220. The number of hydrogen-bond acceptors (Lipinski definition) is 11. The van der Waals surface area contributed by atoms with Crippen molar-refractivity contribution in [2.24, 2.45) is 0 Å². The number of rotatable bonds is 17. The molecule has 0 spiro atoms. The number of likely N-dealkylation sites (N-methyl/N-ethyl adjacent to an activating group) is 1. The highest BCUT2D eigenvalue weighted by molar-refractivity contribution is 7.48. The van der Waals surface area contributed by atoms with Crippen LogP contribution in [0.1, 0.15) is 60.6 Å². The number of aromatic nitrogens is 4. The molecule has 2 heterocycles. The van der Waals surface area contributed by atoms with Crippen LogP contribution < -0.4 is 15.4 Å². The van der Waals surface area contributed by atoms with Crippen LogP contribution in [0.25, 0.3) is 10.9 Å². The van der Waals surface area contributed by atoms with Gasteiger partial charge in [0, 0.05) is 35.9 Å². The van der Waals surface area contributed by atoms with E-state index in [1.807, 2.05) is 31.2 Å². The van der Waals surface area contributed by atoms with Crippen molar-refractivity contribution in [2.75, 3.05) is 43.5 Å². The average Bonchev–Trinajstić information content (AvgIpc) is 3.42. The standard InChI is InChI=1S/C34H47FN7O6P/c1-8-42(18-20-46-49(44,47-33(2,3)4)48-34(5,6)7)17-12-19-45-32-37-28-16-10-9-15-27(28)31(39-32)38-29-22-26(40-41-29)23-30(43)36-25-14-11-13-24(35)21-25/h9-11,13-16,21-22H,8,12,17-20,23H2,1-7H3,(H,36,43)(H2,37,38,39,40,41). The largest absolute Gasteiger partial charge is 0.475 e. The van der Waals surface area contributed by atoms with Crippen molar-refractivity contribution in [3.63, 3.8) is 0 Å². The Morgan fingerprint density at radius 2 is 1.69 bits per heavy atom. The number of H-pyrrole nitrogens is 1. The maximum absolute atomic E-state index is 13.5. The number of nitrogens with zero attached hydrogens (tertiary/aromatic N) is 4. The second kappa shape index (κ2) is 16.6. The highest BCUT2D eigenvalue weighted by Crippen LogP contribution is 2.55. The molecule has 2 aromatic carbocycles. The van der Waals surface area contributed by atoms with Gasteiger partial charge in [0.15, 0.2) is 5.82 Å². The lowest BCUT2D eigenvalue weighted by molar-refractivity contribution is -0.115. The van der Waals surface area contributed by atoms with Crippen molar-refractivity contribution in [1.29, 1.82) is 0 Å². The molecule has 0 bridgehead atoms. The van der Waals surface area contributed by atoms with Gasteiger partial charge in [-0.3, -0.25) is 23.5 Å². The number of benzene rings is 2. The van der Waals surface area contributed by atoms with Gasteiger partial charge in [-0.2, -0.15) is 15.1 Å². The number of fused-ring (bicyclic) bond motifs is 1. The maximum atomic E-state index is 13.5. The molecule has 0 saturated heterocycles. The fourth-order valence-corrected chi connectivity index (χ4v) is 6.49. The first-order valence-corrected chi connectivity index (χ1v) is 17.7. The van der Waals surface area contributed by atoms with Gasteiger partial charge in [-0.1, -0.05) is 25.1 Å². The monoisotopic (exact) mass is 699 g/mol. The second-order valence-electron chi connectivity index (χ2n) is 13.3. The summed E-state index contributed by atoms with van der Waals surface area (Å²) < 4.78 is 49.9. The van der Waals surface area contributed by atoms with E-state index < -0.39 is 24.8 Å². The van der Waals surface area contributed by atoms with Crippen LogP contribution in [0.2, 0.25) is 0 Å². The number of carbonyl (C=O) groups excluding carboxylic acids is 1. The Morgan fingerprint density at radius 1 is 0.959 bits per heavy atom. The van der Waals surface area contributed by atoms with Crippen LogP contribution >= 0.6 is 7.82 Å². The number of amides is 1. The number of aromatic amines is 1. The number of halogens is 1. The number of para-hydroxylation sites is 1. The Kier molecular flexibility index (Phi) is 12.9. The molecular formula is C34H47FN7O6P. The summed E-state index contributed by atoms with van der Waals surface area (Å²) in [6.45, 7) is 15.4. The molecule has 266 valence electrons. The third-order valence-electron chi connectivity index (χ3n) is 6.64. The van der Waals surface area contributed by atoms with E-state index in [4.69, 9.17) is 18.3 Å². The summed E-state index contributed by atoms with van der Waals surface area (Å²) in [6.07, 6.45) is 0.696. The first-order valence-electron chi connectivity index (χ1n) is 16.2. The number of phosphoric ester groups is 1. The molecule has 0 fully saturated rings. The van der Waals surface area contributed by atoms with E-state index in [9.17, 15) is 13.8 Å². The third-order valence-corrected chi connectivity index (χ3v) is 8.69. The summed E-state index contributed by atoms with van der Waals surface area (Å²) >= 11 is 0. The van der Waals surface area contributed by atoms with E-state index in [2.05, 4.69) is 35.7 Å². The minimum atomic E-state index is -3.78. The summed E-state index contributed by atoms with van der Waals surface area (Å²) in [7, 11) is -3.78. The predicted molar refractivity (Wildman–Crippen MR) is 188 cm³/mol. The van der Waals surface area contributed by atoms with Gasteiger partial charge in [0.25, 0.3) is 0 Å². The smallest absolute Gasteiger partial charge is 0.463 e. The molecule has 0 aliphatic carbocycles. The molecule has 0 atom stereocenters. The van der Waals surface area contributed by atoms with Gasteiger partial charge in [0.1, 0.15) is 11.6 Å². The van der Waals surface area contributed by atoms with Crippen molar-refractivity contribution in [3.8, 4) is 6.01 Å². The van der Waals surface area contributed by atoms with Crippen LogP contribution in [0.4, 0.5) is 21.7 Å². The van der Waals surface area contributed by atoms with Crippen molar-refractivity contribution >= 4 is 42.0 Å². The van der Waals surface area contributed by atoms with Crippen LogP contribution in [0.15, 0.2) is 54.6 Å². The zero-order valence-corrected chi connectivity index (χ0v) is 30.1. The first kappa shape index (κ1) is 37.9. The van der Waals surface area contributed by atoms with E-state index in [0.717, 1.165) is 11.9 Å². The maximum Gasteiger partial charge on any atom is 0.475 e. The average molecular weight is 700 g/mol. The van der Waals surface area contributed by atoms with Crippen LogP contribution in [-0.2, 0) is 29.4 Å². The summed E-state index contributed by atoms with van der Waals surface area (Å²) in [4.78, 5) is 23.8. The highest BCUT2D eigenvalue weighted by Gasteiger charge is 2.37. The van der Waals surface area contributed by atoms with Crippen molar-refractivity contribution < 1.29 is 32.1 Å². The fraction of sp³-hybridized carbons (Fsp3) is 0.471.